The molecule has 0 atom stereocenters. The Morgan fingerprint density at radius 1 is 1.40 bits per heavy atom. The van der Waals surface area contributed by atoms with Gasteiger partial charge in [0.2, 0.25) is 0 Å². The molecule has 2 aromatic rings. The van der Waals surface area contributed by atoms with Crippen molar-refractivity contribution in [1.82, 2.24) is 0 Å². The fourth-order valence-electron chi connectivity index (χ4n) is 1.63. The molecule has 2 rings (SSSR count). The lowest BCUT2D eigenvalue weighted by Gasteiger charge is -1.89. The summed E-state index contributed by atoms with van der Waals surface area (Å²) in [4.78, 5) is 0. The normalized spacial score (nSPS) is 13.7. The summed E-state index contributed by atoms with van der Waals surface area (Å²) in [5, 5.41) is 2.69. The number of allylic oxidation sites excluding steroid dienone is 1. The molecule has 76 valence electrons. The van der Waals surface area contributed by atoms with Crippen LogP contribution in [0.4, 0.5) is 0 Å². The summed E-state index contributed by atoms with van der Waals surface area (Å²) in [6, 6.07) is 5.73. The van der Waals surface area contributed by atoms with Gasteiger partial charge in [0.25, 0.3) is 0 Å². The van der Waals surface area contributed by atoms with Gasteiger partial charge in [-0.3, -0.25) is 0 Å². The second-order valence-corrected chi connectivity index (χ2v) is 3.59. The summed E-state index contributed by atoms with van der Waals surface area (Å²) < 4.78 is 5.67. The third kappa shape index (κ3) is 1.59. The molecule has 1 aromatic heterocycles. The Labute approximate surface area is 93.0 Å². The van der Waals surface area contributed by atoms with Crippen molar-refractivity contribution in [3.8, 4) is 0 Å². The highest BCUT2D eigenvalue weighted by molar-refractivity contribution is 6.34. The second kappa shape index (κ2) is 3.95. The van der Waals surface area contributed by atoms with E-state index >= 15 is 0 Å². The topological polar surface area (TPSA) is 13.1 Å². The van der Waals surface area contributed by atoms with Gasteiger partial charge in [0.05, 0.1) is 5.02 Å². The second-order valence-electron chi connectivity index (χ2n) is 3.19. The molecule has 0 spiro atoms. The van der Waals surface area contributed by atoms with Crippen LogP contribution in [-0.2, 0) is 0 Å². The molecule has 0 aliphatic heterocycles. The summed E-state index contributed by atoms with van der Waals surface area (Å²) in [6.45, 7) is 5.63. The predicted molar refractivity (Wildman–Crippen MR) is 65.3 cm³/mol. The predicted octanol–water partition coefficient (Wildman–Crippen LogP) is 2.85. The number of hydrogen-bond donors (Lipinski definition) is 0. The zero-order chi connectivity index (χ0) is 10.8. The minimum Gasteiger partial charge on any atom is -0.455 e. The van der Waals surface area contributed by atoms with Gasteiger partial charge >= 0.3 is 0 Å². The average Bonchev–Trinajstić information content (AvgIpc) is 2.59. The van der Waals surface area contributed by atoms with Gasteiger partial charge in [-0.15, -0.1) is 0 Å². The lowest BCUT2D eigenvalue weighted by molar-refractivity contribution is 0.575. The van der Waals surface area contributed by atoms with Crippen LogP contribution in [0.2, 0.25) is 5.02 Å². The molecule has 0 aliphatic rings. The van der Waals surface area contributed by atoms with Crippen molar-refractivity contribution >= 4 is 34.7 Å². The quantitative estimate of drug-likeness (QED) is 0.718. The first kappa shape index (κ1) is 10.1. The molecule has 0 saturated heterocycles. The minimum absolute atomic E-state index is 0.638. The van der Waals surface area contributed by atoms with Crippen LogP contribution < -0.4 is 10.6 Å². The monoisotopic (exact) mass is 218 g/mol. The van der Waals surface area contributed by atoms with E-state index in [0.29, 0.717) is 5.02 Å². The van der Waals surface area contributed by atoms with Crippen molar-refractivity contribution in [2.24, 2.45) is 0 Å². The van der Waals surface area contributed by atoms with E-state index in [4.69, 9.17) is 16.0 Å². The number of para-hydroxylation sites is 1. The Kier molecular flexibility index (Phi) is 2.65. The first-order chi connectivity index (χ1) is 7.27. The maximum absolute atomic E-state index is 6.05. The SMILES string of the molecule is C=C/C=c1\c(=C/C)oc2c(Cl)cccc12. The minimum atomic E-state index is 0.638. The molecule has 0 radical (unpaired) electrons. The van der Waals surface area contributed by atoms with Crippen LogP contribution in [0, 0.1) is 0 Å². The van der Waals surface area contributed by atoms with E-state index in [-0.39, 0.29) is 0 Å². The van der Waals surface area contributed by atoms with E-state index < -0.39 is 0 Å². The zero-order valence-corrected chi connectivity index (χ0v) is 9.21. The van der Waals surface area contributed by atoms with E-state index in [1.165, 1.54) is 0 Å². The highest BCUT2D eigenvalue weighted by atomic mass is 35.5. The van der Waals surface area contributed by atoms with E-state index in [1.54, 1.807) is 6.08 Å². The fourth-order valence-corrected chi connectivity index (χ4v) is 1.84. The Morgan fingerprint density at radius 2 is 2.20 bits per heavy atom. The van der Waals surface area contributed by atoms with Crippen LogP contribution in [-0.4, -0.2) is 0 Å². The van der Waals surface area contributed by atoms with E-state index in [9.17, 15) is 0 Å². The Hall–Kier alpha value is -1.47. The highest BCUT2D eigenvalue weighted by Crippen LogP contribution is 2.19. The van der Waals surface area contributed by atoms with Crippen LogP contribution in [0.3, 0.4) is 0 Å². The molecule has 15 heavy (non-hydrogen) atoms. The van der Waals surface area contributed by atoms with Crippen LogP contribution in [0.15, 0.2) is 35.3 Å². The maximum atomic E-state index is 6.05. The number of halogens is 1. The number of benzene rings is 1. The molecule has 0 saturated carbocycles. The van der Waals surface area contributed by atoms with Crippen molar-refractivity contribution in [2.45, 2.75) is 6.92 Å². The third-order valence-electron chi connectivity index (χ3n) is 2.28. The Bertz CT molecular complexity index is 620. The Morgan fingerprint density at radius 3 is 2.87 bits per heavy atom. The van der Waals surface area contributed by atoms with Gasteiger partial charge in [0.1, 0.15) is 5.42 Å². The van der Waals surface area contributed by atoms with Crippen molar-refractivity contribution < 1.29 is 4.42 Å². The first-order valence-electron chi connectivity index (χ1n) is 4.74. The van der Waals surface area contributed by atoms with Crippen LogP contribution >= 0.6 is 11.6 Å². The van der Waals surface area contributed by atoms with Crippen LogP contribution in [0.1, 0.15) is 6.92 Å². The van der Waals surface area contributed by atoms with E-state index in [0.717, 1.165) is 21.6 Å². The highest BCUT2D eigenvalue weighted by Gasteiger charge is 2.04. The van der Waals surface area contributed by atoms with Gasteiger partial charge in [0, 0.05) is 10.6 Å². The fraction of sp³-hybridized carbons (Fsp3) is 0.0769. The summed E-state index contributed by atoms with van der Waals surface area (Å²) in [7, 11) is 0. The molecule has 0 fully saturated rings. The molecule has 0 aliphatic carbocycles. The maximum Gasteiger partial charge on any atom is 0.153 e. The number of fused-ring (bicyclic) bond motifs is 1. The Balaban J connectivity index is 3.07. The van der Waals surface area contributed by atoms with Gasteiger partial charge in [0.15, 0.2) is 5.58 Å². The van der Waals surface area contributed by atoms with Gasteiger partial charge < -0.3 is 4.42 Å². The molecule has 0 unspecified atom stereocenters. The van der Waals surface area contributed by atoms with Gasteiger partial charge in [-0.2, -0.15) is 0 Å². The van der Waals surface area contributed by atoms with E-state index in [1.807, 2.05) is 37.3 Å². The summed E-state index contributed by atoms with van der Waals surface area (Å²) in [5.41, 5.74) is 1.57. The van der Waals surface area contributed by atoms with Gasteiger partial charge in [-0.1, -0.05) is 42.5 Å². The molecule has 2 heteroatoms. The van der Waals surface area contributed by atoms with Crippen molar-refractivity contribution in [3.63, 3.8) is 0 Å². The molecule has 0 bridgehead atoms. The molecule has 0 amide bonds. The number of rotatable bonds is 1. The van der Waals surface area contributed by atoms with E-state index in [2.05, 4.69) is 6.58 Å². The first-order valence-corrected chi connectivity index (χ1v) is 5.12. The van der Waals surface area contributed by atoms with Crippen LogP contribution in [0.5, 0.6) is 0 Å². The summed E-state index contributed by atoms with van der Waals surface area (Å²) in [6.07, 6.45) is 5.60. The van der Waals surface area contributed by atoms with Crippen molar-refractivity contribution in [1.29, 1.82) is 0 Å². The van der Waals surface area contributed by atoms with Gasteiger partial charge in [-0.25, -0.2) is 0 Å². The lowest BCUT2D eigenvalue weighted by atomic mass is 10.2. The lowest BCUT2D eigenvalue weighted by Crippen LogP contribution is -2.18. The standard InChI is InChI=1S/C13H11ClO/c1-3-6-9-10-7-5-8-11(14)13(10)15-12(9)4-2/h3-8H,1H2,2H3/b9-6-,12-4+. The molecular formula is C13H11ClO. The average molecular weight is 219 g/mol. The number of hydrogen-bond acceptors (Lipinski definition) is 1. The van der Waals surface area contributed by atoms with Crippen molar-refractivity contribution in [2.75, 3.05) is 0 Å². The summed E-state index contributed by atoms with van der Waals surface area (Å²) in [5.74, 6) is 0. The molecule has 1 heterocycles. The molecule has 0 N–H and O–H groups in total. The van der Waals surface area contributed by atoms with Crippen molar-refractivity contribution in [3.05, 3.63) is 46.5 Å². The largest absolute Gasteiger partial charge is 0.455 e. The molecule has 1 nitrogen and oxygen atoms in total. The number of furan rings is 1. The smallest absolute Gasteiger partial charge is 0.153 e. The summed E-state index contributed by atoms with van der Waals surface area (Å²) >= 11 is 6.05. The van der Waals surface area contributed by atoms with Crippen LogP contribution in [0.25, 0.3) is 23.1 Å². The molecular weight excluding hydrogens is 208 g/mol. The zero-order valence-electron chi connectivity index (χ0n) is 8.46. The molecule has 1 aromatic carbocycles. The van der Waals surface area contributed by atoms with Gasteiger partial charge in [-0.05, 0) is 19.1 Å². The third-order valence-corrected chi connectivity index (χ3v) is 2.58.